The van der Waals surface area contributed by atoms with Gasteiger partial charge in [-0.1, -0.05) is 0 Å². The van der Waals surface area contributed by atoms with Crippen molar-refractivity contribution >= 4 is 23.5 Å². The molecule has 0 unspecified atom stereocenters. The molecule has 0 fully saturated rings. The Balaban J connectivity index is 1.83. The van der Waals surface area contributed by atoms with Crippen molar-refractivity contribution in [3.05, 3.63) is 41.0 Å². The van der Waals surface area contributed by atoms with Gasteiger partial charge in [-0.15, -0.1) is 0 Å². The lowest BCUT2D eigenvalue weighted by atomic mass is 10.2. The topological polar surface area (TPSA) is 112 Å². The number of carbonyl (C=O) groups is 2. The zero-order valence-electron chi connectivity index (χ0n) is 15.2. The molecule has 2 N–H and O–H groups in total. The maximum atomic E-state index is 12.6. The first-order valence-corrected chi connectivity index (χ1v) is 7.92. The van der Waals surface area contributed by atoms with Crippen molar-refractivity contribution in [3.63, 3.8) is 0 Å². The minimum absolute atomic E-state index is 0.137. The molecule has 0 aliphatic carbocycles. The van der Waals surface area contributed by atoms with Gasteiger partial charge in [0, 0.05) is 44.7 Å². The van der Waals surface area contributed by atoms with Gasteiger partial charge in [0.1, 0.15) is 5.69 Å². The third-order valence-electron chi connectivity index (χ3n) is 4.11. The molecule has 3 aromatic heterocycles. The van der Waals surface area contributed by atoms with Crippen LogP contribution >= 0.6 is 0 Å². The van der Waals surface area contributed by atoms with Crippen molar-refractivity contribution in [1.29, 1.82) is 0 Å². The van der Waals surface area contributed by atoms with Gasteiger partial charge >= 0.3 is 0 Å². The Kier molecular flexibility index (Phi) is 4.33. The molecule has 0 saturated heterocycles. The quantitative estimate of drug-likeness (QED) is 0.724. The number of hydrogen-bond donors (Lipinski definition) is 2. The summed E-state index contributed by atoms with van der Waals surface area (Å²) in [6.45, 7) is 3.75. The van der Waals surface area contributed by atoms with Crippen molar-refractivity contribution < 1.29 is 9.59 Å². The second-order valence-corrected chi connectivity index (χ2v) is 6.03. The Bertz CT molecular complexity index is 955. The minimum Gasteiger partial charge on any atom is -0.305 e. The van der Waals surface area contributed by atoms with Crippen molar-refractivity contribution in [1.82, 2.24) is 29.3 Å². The third-order valence-corrected chi connectivity index (χ3v) is 4.11. The molecular weight excluding hydrogens is 336 g/mol. The second kappa shape index (κ2) is 6.47. The summed E-state index contributed by atoms with van der Waals surface area (Å²) in [4.78, 5) is 25.2. The van der Waals surface area contributed by atoms with Gasteiger partial charge in [0.05, 0.1) is 11.8 Å². The number of nitrogens with one attached hydrogen (secondary N) is 2. The normalized spacial score (nSPS) is 10.8. The van der Waals surface area contributed by atoms with Crippen molar-refractivity contribution in [2.24, 2.45) is 21.1 Å². The fourth-order valence-electron chi connectivity index (χ4n) is 2.48. The van der Waals surface area contributed by atoms with Crippen LogP contribution in [0.2, 0.25) is 0 Å². The molecule has 0 aliphatic rings. The highest BCUT2D eigenvalue weighted by atomic mass is 16.2. The molecule has 10 heteroatoms. The molecule has 0 aromatic carbocycles. The van der Waals surface area contributed by atoms with E-state index >= 15 is 0 Å². The van der Waals surface area contributed by atoms with Crippen LogP contribution in [0.3, 0.4) is 0 Å². The average molecular weight is 356 g/mol. The van der Waals surface area contributed by atoms with Crippen LogP contribution in [0.15, 0.2) is 18.3 Å². The van der Waals surface area contributed by atoms with E-state index in [0.717, 1.165) is 11.4 Å². The van der Waals surface area contributed by atoms with Gasteiger partial charge in [0.15, 0.2) is 11.6 Å². The number of amides is 2. The number of hydrogen-bond acceptors (Lipinski definition) is 5. The van der Waals surface area contributed by atoms with Gasteiger partial charge in [-0.05, 0) is 13.8 Å². The molecule has 10 nitrogen and oxygen atoms in total. The maximum Gasteiger partial charge on any atom is 0.275 e. The average Bonchev–Trinajstić information content (AvgIpc) is 3.18. The fraction of sp³-hybridized carbons (Fsp3) is 0.312. The van der Waals surface area contributed by atoms with Gasteiger partial charge in [0.2, 0.25) is 0 Å². The standard InChI is InChI=1S/C16H20N8O2/c1-9-6-12(20-22(9)3)18-15(25)11-8-17-24(5)14(11)16(26)19-13-7-10(2)23(4)21-13/h6-8H,1-5H3,(H,18,20,25)(H,19,21,26). The molecule has 0 radical (unpaired) electrons. The lowest BCUT2D eigenvalue weighted by molar-refractivity contribution is 0.0984. The summed E-state index contributed by atoms with van der Waals surface area (Å²) in [6, 6.07) is 3.48. The number of anilines is 2. The molecular formula is C16H20N8O2. The predicted octanol–water partition coefficient (Wildman–Crippen LogP) is 1.01. The van der Waals surface area contributed by atoms with Crippen LogP contribution in [-0.4, -0.2) is 41.2 Å². The number of aromatic nitrogens is 6. The Morgan fingerprint density at radius 2 is 1.35 bits per heavy atom. The summed E-state index contributed by atoms with van der Waals surface area (Å²) < 4.78 is 4.65. The summed E-state index contributed by atoms with van der Waals surface area (Å²) in [7, 11) is 5.16. The van der Waals surface area contributed by atoms with E-state index < -0.39 is 11.8 Å². The highest BCUT2D eigenvalue weighted by Gasteiger charge is 2.23. The predicted molar refractivity (Wildman–Crippen MR) is 95.0 cm³/mol. The summed E-state index contributed by atoms with van der Waals surface area (Å²) in [5.41, 5.74) is 2.09. The van der Waals surface area contributed by atoms with Crippen LogP contribution in [-0.2, 0) is 21.1 Å². The molecule has 3 aromatic rings. The molecule has 3 heterocycles. The highest BCUT2D eigenvalue weighted by Crippen LogP contribution is 2.15. The monoisotopic (exact) mass is 356 g/mol. The minimum atomic E-state index is -0.467. The summed E-state index contributed by atoms with van der Waals surface area (Å²) in [5, 5.41) is 17.8. The molecule has 2 amide bonds. The number of aryl methyl sites for hydroxylation is 5. The van der Waals surface area contributed by atoms with Crippen LogP contribution in [0.1, 0.15) is 32.2 Å². The third kappa shape index (κ3) is 3.21. The summed E-state index contributed by atoms with van der Waals surface area (Å²) in [5.74, 6) is -0.113. The lowest BCUT2D eigenvalue weighted by Crippen LogP contribution is -2.22. The Morgan fingerprint density at radius 1 is 0.846 bits per heavy atom. The van der Waals surface area contributed by atoms with E-state index in [4.69, 9.17) is 0 Å². The molecule has 0 bridgehead atoms. The van der Waals surface area contributed by atoms with Crippen molar-refractivity contribution in [2.45, 2.75) is 13.8 Å². The zero-order chi connectivity index (χ0) is 19.0. The first kappa shape index (κ1) is 17.4. The molecule has 26 heavy (non-hydrogen) atoms. The molecule has 0 spiro atoms. The van der Waals surface area contributed by atoms with Crippen LogP contribution in [0.4, 0.5) is 11.6 Å². The maximum absolute atomic E-state index is 12.6. The van der Waals surface area contributed by atoms with E-state index in [2.05, 4.69) is 25.9 Å². The van der Waals surface area contributed by atoms with Crippen molar-refractivity contribution in [2.75, 3.05) is 10.6 Å². The van der Waals surface area contributed by atoms with Crippen LogP contribution in [0.5, 0.6) is 0 Å². The number of rotatable bonds is 4. The number of carbonyl (C=O) groups excluding carboxylic acids is 2. The SMILES string of the molecule is Cc1cc(NC(=O)c2cnn(C)c2C(=O)Nc2cc(C)n(C)n2)nn1C. The Labute approximate surface area is 149 Å². The van der Waals surface area contributed by atoms with Gasteiger partial charge in [-0.3, -0.25) is 23.6 Å². The van der Waals surface area contributed by atoms with E-state index in [0.29, 0.717) is 11.6 Å². The van der Waals surface area contributed by atoms with E-state index in [1.54, 1.807) is 42.6 Å². The Hall–Kier alpha value is -3.43. The molecule has 0 saturated carbocycles. The van der Waals surface area contributed by atoms with E-state index in [1.807, 2.05) is 13.8 Å². The van der Waals surface area contributed by atoms with Crippen LogP contribution < -0.4 is 10.6 Å². The van der Waals surface area contributed by atoms with Crippen LogP contribution in [0, 0.1) is 13.8 Å². The number of nitrogens with zero attached hydrogens (tertiary/aromatic N) is 6. The summed E-state index contributed by atoms with van der Waals surface area (Å²) in [6.07, 6.45) is 1.35. The zero-order valence-corrected chi connectivity index (χ0v) is 15.2. The first-order chi connectivity index (χ1) is 12.3. The van der Waals surface area contributed by atoms with Crippen molar-refractivity contribution in [3.8, 4) is 0 Å². The van der Waals surface area contributed by atoms with Gasteiger partial charge in [0.25, 0.3) is 11.8 Å². The first-order valence-electron chi connectivity index (χ1n) is 7.92. The van der Waals surface area contributed by atoms with E-state index in [1.165, 1.54) is 10.9 Å². The second-order valence-electron chi connectivity index (χ2n) is 6.03. The van der Waals surface area contributed by atoms with E-state index in [9.17, 15) is 9.59 Å². The fourth-order valence-corrected chi connectivity index (χ4v) is 2.48. The van der Waals surface area contributed by atoms with E-state index in [-0.39, 0.29) is 11.3 Å². The van der Waals surface area contributed by atoms with Gasteiger partial charge in [-0.25, -0.2) is 0 Å². The van der Waals surface area contributed by atoms with Gasteiger partial charge < -0.3 is 10.6 Å². The molecule has 3 rings (SSSR count). The Morgan fingerprint density at radius 3 is 1.81 bits per heavy atom. The molecule has 0 atom stereocenters. The molecule has 0 aliphatic heterocycles. The van der Waals surface area contributed by atoms with Gasteiger partial charge in [-0.2, -0.15) is 15.3 Å². The van der Waals surface area contributed by atoms with Crippen LogP contribution in [0.25, 0.3) is 0 Å². The molecule has 136 valence electrons. The lowest BCUT2D eigenvalue weighted by Gasteiger charge is -2.06. The summed E-state index contributed by atoms with van der Waals surface area (Å²) >= 11 is 0. The largest absolute Gasteiger partial charge is 0.305 e. The highest BCUT2D eigenvalue weighted by molar-refractivity contribution is 6.14. The smallest absolute Gasteiger partial charge is 0.275 e.